The lowest BCUT2D eigenvalue weighted by Gasteiger charge is -2.28. The molecule has 1 aromatic carbocycles. The van der Waals surface area contributed by atoms with Crippen LogP contribution in [0.1, 0.15) is 42.5 Å². The van der Waals surface area contributed by atoms with E-state index < -0.39 is 5.92 Å². The van der Waals surface area contributed by atoms with Gasteiger partial charge in [0, 0.05) is 37.5 Å². The van der Waals surface area contributed by atoms with E-state index in [1.165, 1.54) is 0 Å². The van der Waals surface area contributed by atoms with E-state index >= 15 is 0 Å². The Morgan fingerprint density at radius 2 is 2.04 bits per heavy atom. The summed E-state index contributed by atoms with van der Waals surface area (Å²) < 4.78 is 28.8. The molecule has 4 rings (SSSR count). The normalized spacial score (nSPS) is 22.6. The van der Waals surface area contributed by atoms with E-state index in [9.17, 15) is 13.6 Å². The SMILES string of the molecule is O=C(NCC1CCC(F)(F)CC1)c1cn(CC2CCNC2)c2cccc(Cl)c12. The summed E-state index contributed by atoms with van der Waals surface area (Å²) >= 11 is 6.43. The molecule has 2 heterocycles. The predicted octanol–water partition coefficient (Wildman–Crippen LogP) is 4.46. The number of carbonyl (C=O) groups excluding carboxylic acids is 1. The molecule has 2 aliphatic rings. The third-order valence-electron chi connectivity index (χ3n) is 6.11. The van der Waals surface area contributed by atoms with Gasteiger partial charge in [0.1, 0.15) is 0 Å². The summed E-state index contributed by atoms with van der Waals surface area (Å²) in [6.07, 6.45) is 3.73. The Labute approximate surface area is 168 Å². The van der Waals surface area contributed by atoms with Crippen molar-refractivity contribution in [1.82, 2.24) is 15.2 Å². The minimum atomic E-state index is -2.55. The number of alkyl halides is 2. The van der Waals surface area contributed by atoms with Gasteiger partial charge >= 0.3 is 0 Å². The van der Waals surface area contributed by atoms with E-state index in [4.69, 9.17) is 11.6 Å². The van der Waals surface area contributed by atoms with Gasteiger partial charge in [0.15, 0.2) is 0 Å². The Kier molecular flexibility index (Phi) is 5.61. The van der Waals surface area contributed by atoms with Crippen LogP contribution >= 0.6 is 11.6 Å². The minimum Gasteiger partial charge on any atom is -0.352 e. The molecule has 1 saturated heterocycles. The quantitative estimate of drug-likeness (QED) is 0.765. The smallest absolute Gasteiger partial charge is 0.253 e. The molecule has 4 nitrogen and oxygen atoms in total. The summed E-state index contributed by atoms with van der Waals surface area (Å²) in [6, 6.07) is 5.69. The monoisotopic (exact) mass is 409 g/mol. The van der Waals surface area contributed by atoms with Crippen LogP contribution in [0.2, 0.25) is 5.02 Å². The molecule has 1 amide bonds. The average Bonchev–Trinajstić information content (AvgIpc) is 3.30. The number of benzene rings is 1. The number of aromatic nitrogens is 1. The Morgan fingerprint density at radius 3 is 2.75 bits per heavy atom. The van der Waals surface area contributed by atoms with Crippen LogP contribution in [-0.2, 0) is 6.54 Å². The number of nitrogens with zero attached hydrogens (tertiary/aromatic N) is 1. The number of amides is 1. The lowest BCUT2D eigenvalue weighted by molar-refractivity contribution is -0.0452. The zero-order valence-electron chi connectivity index (χ0n) is 15.8. The van der Waals surface area contributed by atoms with Gasteiger partial charge in [-0.25, -0.2) is 8.78 Å². The van der Waals surface area contributed by atoms with Crippen molar-refractivity contribution >= 4 is 28.4 Å². The molecule has 2 N–H and O–H groups in total. The first-order valence-electron chi connectivity index (χ1n) is 10.1. The maximum absolute atomic E-state index is 13.3. The van der Waals surface area contributed by atoms with Crippen molar-refractivity contribution in [2.24, 2.45) is 11.8 Å². The molecular weight excluding hydrogens is 384 g/mol. The van der Waals surface area contributed by atoms with Crippen LogP contribution in [0.3, 0.4) is 0 Å². The Hall–Kier alpha value is -1.66. The van der Waals surface area contributed by atoms with Gasteiger partial charge in [-0.05, 0) is 56.3 Å². The topological polar surface area (TPSA) is 46.1 Å². The maximum Gasteiger partial charge on any atom is 0.253 e. The van der Waals surface area contributed by atoms with Crippen molar-refractivity contribution in [3.63, 3.8) is 0 Å². The highest BCUT2D eigenvalue weighted by Crippen LogP contribution is 2.36. The van der Waals surface area contributed by atoms with Crippen molar-refractivity contribution in [2.75, 3.05) is 19.6 Å². The van der Waals surface area contributed by atoms with Crippen molar-refractivity contribution in [3.05, 3.63) is 35.0 Å². The molecule has 0 bridgehead atoms. The summed E-state index contributed by atoms with van der Waals surface area (Å²) in [5.41, 5.74) is 1.52. The number of fused-ring (bicyclic) bond motifs is 1. The first-order chi connectivity index (χ1) is 13.4. The van der Waals surface area contributed by atoms with Gasteiger partial charge in [-0.1, -0.05) is 17.7 Å². The predicted molar refractivity (Wildman–Crippen MR) is 107 cm³/mol. The van der Waals surface area contributed by atoms with E-state index in [0.717, 1.165) is 37.0 Å². The number of carbonyl (C=O) groups is 1. The van der Waals surface area contributed by atoms with Gasteiger partial charge in [-0.3, -0.25) is 4.79 Å². The summed E-state index contributed by atoms with van der Waals surface area (Å²) in [4.78, 5) is 12.9. The molecule has 1 aliphatic carbocycles. The highest BCUT2D eigenvalue weighted by molar-refractivity contribution is 6.36. The van der Waals surface area contributed by atoms with Gasteiger partial charge in [0.25, 0.3) is 5.91 Å². The Bertz CT molecular complexity index is 851. The molecule has 2 aromatic rings. The summed E-state index contributed by atoms with van der Waals surface area (Å²) in [6.45, 7) is 3.28. The number of nitrogens with one attached hydrogen (secondary N) is 2. The molecule has 0 spiro atoms. The summed E-state index contributed by atoms with van der Waals surface area (Å²) in [5, 5.41) is 7.65. The maximum atomic E-state index is 13.3. The number of rotatable bonds is 5. The molecule has 1 aliphatic heterocycles. The second-order valence-corrected chi connectivity index (χ2v) is 8.60. The summed E-state index contributed by atoms with van der Waals surface area (Å²) in [7, 11) is 0. The van der Waals surface area contributed by atoms with Crippen LogP contribution in [0.5, 0.6) is 0 Å². The molecule has 7 heteroatoms. The molecule has 1 saturated carbocycles. The molecule has 1 atom stereocenters. The number of hydrogen-bond donors (Lipinski definition) is 2. The van der Waals surface area contributed by atoms with E-state index in [0.29, 0.717) is 35.9 Å². The first kappa shape index (κ1) is 19.6. The molecule has 1 aromatic heterocycles. The summed E-state index contributed by atoms with van der Waals surface area (Å²) in [5.74, 6) is -2.08. The average molecular weight is 410 g/mol. The van der Waals surface area contributed by atoms with Crippen molar-refractivity contribution < 1.29 is 13.6 Å². The van der Waals surface area contributed by atoms with Gasteiger partial charge < -0.3 is 15.2 Å². The minimum absolute atomic E-state index is 0.0892. The van der Waals surface area contributed by atoms with Crippen molar-refractivity contribution in [3.8, 4) is 0 Å². The first-order valence-corrected chi connectivity index (χ1v) is 10.4. The lowest BCUT2D eigenvalue weighted by Crippen LogP contribution is -2.33. The van der Waals surface area contributed by atoms with E-state index in [1.807, 2.05) is 18.3 Å². The largest absolute Gasteiger partial charge is 0.352 e. The van der Waals surface area contributed by atoms with Crippen LogP contribution in [0.4, 0.5) is 8.78 Å². The molecule has 2 fully saturated rings. The van der Waals surface area contributed by atoms with Crippen molar-refractivity contribution in [2.45, 2.75) is 44.6 Å². The van der Waals surface area contributed by atoms with Gasteiger partial charge in [0.05, 0.1) is 16.1 Å². The van der Waals surface area contributed by atoms with Gasteiger partial charge in [-0.15, -0.1) is 0 Å². The fourth-order valence-corrected chi connectivity index (χ4v) is 4.69. The third kappa shape index (κ3) is 4.18. The van der Waals surface area contributed by atoms with E-state index in [1.54, 1.807) is 6.07 Å². The van der Waals surface area contributed by atoms with Gasteiger partial charge in [-0.2, -0.15) is 0 Å². The van der Waals surface area contributed by atoms with E-state index in [-0.39, 0.29) is 24.7 Å². The fraction of sp³-hybridized carbons (Fsp3) is 0.571. The van der Waals surface area contributed by atoms with Gasteiger partial charge in [0.2, 0.25) is 5.92 Å². The zero-order valence-corrected chi connectivity index (χ0v) is 16.6. The number of halogens is 3. The Balaban J connectivity index is 1.50. The fourth-order valence-electron chi connectivity index (χ4n) is 4.42. The van der Waals surface area contributed by atoms with E-state index in [2.05, 4.69) is 15.2 Å². The molecule has 28 heavy (non-hydrogen) atoms. The second-order valence-electron chi connectivity index (χ2n) is 8.20. The molecular formula is C21H26ClF2N3O. The molecule has 0 radical (unpaired) electrons. The second kappa shape index (κ2) is 7.99. The van der Waals surface area contributed by atoms with Crippen molar-refractivity contribution in [1.29, 1.82) is 0 Å². The molecule has 1 unspecified atom stereocenters. The molecule has 152 valence electrons. The van der Waals surface area contributed by atoms with Crippen LogP contribution in [0.15, 0.2) is 24.4 Å². The number of hydrogen-bond acceptors (Lipinski definition) is 2. The highest BCUT2D eigenvalue weighted by atomic mass is 35.5. The van der Waals surface area contributed by atoms with Crippen LogP contribution in [-0.4, -0.2) is 36.0 Å². The lowest BCUT2D eigenvalue weighted by atomic mass is 9.87. The highest BCUT2D eigenvalue weighted by Gasteiger charge is 2.35. The van der Waals surface area contributed by atoms with Crippen LogP contribution in [0.25, 0.3) is 10.9 Å². The third-order valence-corrected chi connectivity index (χ3v) is 6.42. The standard InChI is InChI=1S/C21H26ClF2N3O/c22-17-2-1-3-18-19(17)16(13-27(18)12-15-6-9-25-10-15)20(28)26-11-14-4-7-21(23,24)8-5-14/h1-3,13-15,25H,4-12H2,(H,26,28). The van der Waals surface area contributed by atoms with Crippen LogP contribution < -0.4 is 10.6 Å². The Morgan fingerprint density at radius 1 is 1.25 bits per heavy atom. The van der Waals surface area contributed by atoms with Crippen LogP contribution in [0, 0.1) is 11.8 Å². The zero-order chi connectivity index (χ0) is 19.7.